The molecular formula is C18H31Cl3N4O2. The minimum Gasteiger partial charge on any atom is -0.379 e. The zero-order valence-corrected chi connectivity index (χ0v) is 18.0. The van der Waals surface area contributed by atoms with Crippen molar-refractivity contribution in [2.45, 2.75) is 13.1 Å². The van der Waals surface area contributed by atoms with Crippen LogP contribution in [0.3, 0.4) is 0 Å². The lowest BCUT2D eigenvalue weighted by molar-refractivity contribution is -0.122. The van der Waals surface area contributed by atoms with Gasteiger partial charge in [-0.1, -0.05) is 24.3 Å². The molecule has 0 aromatic heterocycles. The average molecular weight is 442 g/mol. The number of carbonyl (C=O) groups is 1. The summed E-state index contributed by atoms with van der Waals surface area (Å²) in [5.74, 6) is 0.109. The van der Waals surface area contributed by atoms with E-state index >= 15 is 0 Å². The van der Waals surface area contributed by atoms with E-state index in [1.165, 1.54) is 11.1 Å². The summed E-state index contributed by atoms with van der Waals surface area (Å²) in [6, 6.07) is 8.39. The fourth-order valence-corrected chi connectivity index (χ4v) is 3.21. The summed E-state index contributed by atoms with van der Waals surface area (Å²) in [5, 5.41) is 6.38. The molecule has 1 aromatic carbocycles. The van der Waals surface area contributed by atoms with Gasteiger partial charge in [-0.25, -0.2) is 0 Å². The maximum atomic E-state index is 12.2. The fraction of sp³-hybridized carbons (Fsp3) is 0.611. The van der Waals surface area contributed by atoms with Gasteiger partial charge < -0.3 is 15.4 Å². The van der Waals surface area contributed by atoms with Gasteiger partial charge in [0.15, 0.2) is 0 Å². The summed E-state index contributed by atoms with van der Waals surface area (Å²) in [6.45, 7) is 9.42. The predicted molar refractivity (Wildman–Crippen MR) is 115 cm³/mol. The highest BCUT2D eigenvalue weighted by atomic mass is 35.5. The number of benzene rings is 1. The lowest BCUT2D eigenvalue weighted by atomic mass is 10.1. The first-order valence-corrected chi connectivity index (χ1v) is 8.88. The maximum Gasteiger partial charge on any atom is 0.234 e. The highest BCUT2D eigenvalue weighted by molar-refractivity contribution is 5.86. The topological polar surface area (TPSA) is 56.8 Å². The van der Waals surface area contributed by atoms with Crippen molar-refractivity contribution in [3.63, 3.8) is 0 Å². The molecule has 0 saturated carbocycles. The number of rotatable bonds is 6. The van der Waals surface area contributed by atoms with E-state index in [-0.39, 0.29) is 43.1 Å². The zero-order chi connectivity index (χ0) is 16.6. The van der Waals surface area contributed by atoms with Crippen LogP contribution < -0.4 is 10.6 Å². The van der Waals surface area contributed by atoms with Gasteiger partial charge in [-0.15, -0.1) is 37.2 Å². The number of hydrogen-bond donors (Lipinski definition) is 2. The van der Waals surface area contributed by atoms with Crippen LogP contribution in [0.5, 0.6) is 0 Å². The largest absolute Gasteiger partial charge is 0.379 e. The Hall–Kier alpha value is -0.600. The van der Waals surface area contributed by atoms with E-state index in [1.807, 2.05) is 6.07 Å². The second-order valence-electron chi connectivity index (χ2n) is 6.46. The molecule has 0 aliphatic carbocycles. The first kappa shape index (κ1) is 26.4. The second kappa shape index (κ2) is 14.4. The minimum absolute atomic E-state index is 0. The van der Waals surface area contributed by atoms with Crippen molar-refractivity contribution in [3.05, 3.63) is 35.4 Å². The van der Waals surface area contributed by atoms with Crippen molar-refractivity contribution in [1.29, 1.82) is 0 Å². The van der Waals surface area contributed by atoms with Gasteiger partial charge in [0.05, 0.1) is 19.8 Å². The summed E-state index contributed by atoms with van der Waals surface area (Å²) in [5.41, 5.74) is 2.50. The van der Waals surface area contributed by atoms with E-state index < -0.39 is 0 Å². The highest BCUT2D eigenvalue weighted by Gasteiger charge is 2.15. The summed E-state index contributed by atoms with van der Waals surface area (Å²) < 4.78 is 5.41. The van der Waals surface area contributed by atoms with Crippen molar-refractivity contribution in [3.8, 4) is 0 Å². The quantitative estimate of drug-likeness (QED) is 0.697. The van der Waals surface area contributed by atoms with Crippen LogP contribution in [-0.4, -0.2) is 74.7 Å². The van der Waals surface area contributed by atoms with E-state index in [9.17, 15) is 4.79 Å². The molecule has 2 N–H and O–H groups in total. The molecule has 2 aliphatic rings. The molecule has 1 amide bonds. The van der Waals surface area contributed by atoms with Crippen molar-refractivity contribution in [2.75, 3.05) is 59.0 Å². The van der Waals surface area contributed by atoms with Gasteiger partial charge in [0.25, 0.3) is 0 Å². The number of amides is 1. The third-order valence-electron chi connectivity index (χ3n) is 4.67. The van der Waals surface area contributed by atoms with Crippen LogP contribution in [0.1, 0.15) is 11.1 Å². The van der Waals surface area contributed by atoms with Crippen LogP contribution in [-0.2, 0) is 22.6 Å². The predicted octanol–water partition coefficient (Wildman–Crippen LogP) is 1.31. The normalized spacial score (nSPS) is 17.8. The van der Waals surface area contributed by atoms with Gasteiger partial charge in [0, 0.05) is 52.4 Å². The highest BCUT2D eigenvalue weighted by Crippen LogP contribution is 2.13. The first-order valence-electron chi connectivity index (χ1n) is 8.88. The van der Waals surface area contributed by atoms with Gasteiger partial charge >= 0.3 is 0 Å². The van der Waals surface area contributed by atoms with Crippen molar-refractivity contribution >= 4 is 43.1 Å². The lowest BCUT2D eigenvalue weighted by Gasteiger charge is -2.28. The molecule has 2 fully saturated rings. The Morgan fingerprint density at radius 3 is 2.26 bits per heavy atom. The monoisotopic (exact) mass is 440 g/mol. The van der Waals surface area contributed by atoms with E-state index in [2.05, 4.69) is 38.6 Å². The second-order valence-corrected chi connectivity index (χ2v) is 6.46. The lowest BCUT2D eigenvalue weighted by Crippen LogP contribution is -2.47. The van der Waals surface area contributed by atoms with Crippen LogP contribution in [0, 0.1) is 0 Å². The maximum absolute atomic E-state index is 12.2. The van der Waals surface area contributed by atoms with Gasteiger partial charge in [0.2, 0.25) is 5.91 Å². The molecule has 1 aromatic rings. The third kappa shape index (κ3) is 8.96. The van der Waals surface area contributed by atoms with Gasteiger partial charge in [0.1, 0.15) is 0 Å². The molecule has 0 atom stereocenters. The van der Waals surface area contributed by atoms with Crippen molar-refractivity contribution in [1.82, 2.24) is 20.4 Å². The Morgan fingerprint density at radius 2 is 1.59 bits per heavy atom. The molecule has 0 unspecified atom stereocenters. The molecule has 9 heteroatoms. The molecule has 27 heavy (non-hydrogen) atoms. The Kier molecular flexibility index (Phi) is 14.1. The number of hydrogen-bond acceptors (Lipinski definition) is 5. The first-order chi connectivity index (χ1) is 11.8. The number of ether oxygens (including phenoxy) is 1. The SMILES string of the molecule is Cl.Cl.Cl.O=C(CN1CCNCC1)NCc1ccccc1CN1CCOCC1. The Labute approximate surface area is 180 Å². The Bertz CT molecular complexity index is 539. The standard InChI is InChI=1S/C18H28N4O2.3ClH/c23-18(15-21-7-5-19-6-8-21)20-13-16-3-1-2-4-17(16)14-22-9-11-24-12-10-22;;;/h1-4,19H,5-15H2,(H,20,23);3*1H. The molecule has 0 radical (unpaired) electrons. The number of carbonyl (C=O) groups excluding carboxylic acids is 1. The van der Waals surface area contributed by atoms with Crippen molar-refractivity contribution < 1.29 is 9.53 Å². The summed E-state index contributed by atoms with van der Waals surface area (Å²) in [4.78, 5) is 16.8. The molecule has 0 bridgehead atoms. The Morgan fingerprint density at radius 1 is 0.963 bits per heavy atom. The molecule has 0 spiro atoms. The molecule has 3 rings (SSSR count). The van der Waals surface area contributed by atoms with E-state index in [0.29, 0.717) is 13.1 Å². The average Bonchev–Trinajstić information content (AvgIpc) is 2.63. The number of halogens is 3. The minimum atomic E-state index is 0. The van der Waals surface area contributed by atoms with Crippen LogP contribution in [0.4, 0.5) is 0 Å². The van der Waals surface area contributed by atoms with Crippen LogP contribution in [0.2, 0.25) is 0 Å². The van der Waals surface area contributed by atoms with Crippen LogP contribution in [0.25, 0.3) is 0 Å². The summed E-state index contributed by atoms with van der Waals surface area (Å²) >= 11 is 0. The molecule has 156 valence electrons. The van der Waals surface area contributed by atoms with Crippen molar-refractivity contribution in [2.24, 2.45) is 0 Å². The number of nitrogens with one attached hydrogen (secondary N) is 2. The van der Waals surface area contributed by atoms with E-state index in [4.69, 9.17) is 4.74 Å². The van der Waals surface area contributed by atoms with Crippen LogP contribution >= 0.6 is 37.2 Å². The van der Waals surface area contributed by atoms with E-state index in [0.717, 1.165) is 59.0 Å². The molecular weight excluding hydrogens is 411 g/mol. The third-order valence-corrected chi connectivity index (χ3v) is 4.67. The van der Waals surface area contributed by atoms with Crippen LogP contribution in [0.15, 0.2) is 24.3 Å². The Balaban J connectivity index is 0.00000225. The number of morpholine rings is 1. The smallest absolute Gasteiger partial charge is 0.234 e. The zero-order valence-electron chi connectivity index (χ0n) is 15.5. The molecule has 6 nitrogen and oxygen atoms in total. The van der Waals surface area contributed by atoms with E-state index in [1.54, 1.807) is 0 Å². The molecule has 2 saturated heterocycles. The molecule has 2 heterocycles. The number of nitrogens with zero attached hydrogens (tertiary/aromatic N) is 2. The van der Waals surface area contributed by atoms with Gasteiger partial charge in [-0.2, -0.15) is 0 Å². The van der Waals surface area contributed by atoms with Gasteiger partial charge in [-0.05, 0) is 11.1 Å². The molecule has 2 aliphatic heterocycles. The summed E-state index contributed by atoms with van der Waals surface area (Å²) in [7, 11) is 0. The van der Waals surface area contributed by atoms with Gasteiger partial charge in [-0.3, -0.25) is 14.6 Å². The number of piperazine rings is 1. The summed E-state index contributed by atoms with van der Waals surface area (Å²) in [6.07, 6.45) is 0. The fourth-order valence-electron chi connectivity index (χ4n) is 3.21.